The van der Waals surface area contributed by atoms with Gasteiger partial charge >= 0.3 is 5.97 Å². The van der Waals surface area contributed by atoms with Crippen molar-refractivity contribution in [1.29, 1.82) is 5.26 Å². The van der Waals surface area contributed by atoms with Crippen LogP contribution in [0.5, 0.6) is 5.75 Å². The summed E-state index contributed by atoms with van der Waals surface area (Å²) < 4.78 is 17.4. The maximum absolute atomic E-state index is 11.8. The molecule has 1 N–H and O–H groups in total. The molecule has 2 saturated heterocycles. The van der Waals surface area contributed by atoms with Crippen LogP contribution in [0, 0.1) is 36.0 Å². The number of piperidine rings is 1. The lowest BCUT2D eigenvalue weighted by molar-refractivity contribution is -0.144. The average molecular weight is 603 g/mol. The zero-order valence-corrected chi connectivity index (χ0v) is 25.5. The fourth-order valence-corrected chi connectivity index (χ4v) is 7.71. The van der Waals surface area contributed by atoms with Gasteiger partial charge in [0.1, 0.15) is 12.4 Å². The van der Waals surface area contributed by atoms with Crippen LogP contribution in [0.3, 0.4) is 0 Å². The number of aromatic nitrogens is 1. The number of methoxy groups -OCH3 is 1. The largest absolute Gasteiger partial charge is 0.488 e. The van der Waals surface area contributed by atoms with Crippen molar-refractivity contribution in [2.75, 3.05) is 51.4 Å². The van der Waals surface area contributed by atoms with Crippen molar-refractivity contribution in [2.24, 2.45) is 17.8 Å². The molecule has 3 fully saturated rings. The summed E-state index contributed by atoms with van der Waals surface area (Å²) in [5, 5.41) is 22.6. The van der Waals surface area contributed by atoms with E-state index in [0.717, 1.165) is 84.4 Å². The number of benzene rings is 2. The van der Waals surface area contributed by atoms with Crippen molar-refractivity contribution in [3.05, 3.63) is 64.0 Å². The Hall–Kier alpha value is -3.49. The van der Waals surface area contributed by atoms with E-state index in [2.05, 4.69) is 33.4 Å². The number of thiazole rings is 1. The Balaban J connectivity index is 1.14. The number of anilines is 1. The summed E-state index contributed by atoms with van der Waals surface area (Å²) in [7, 11) is 1.69. The topological polar surface area (TPSA) is 108 Å². The number of hydrogen-bond donors (Lipinski definition) is 1. The van der Waals surface area contributed by atoms with Crippen LogP contribution in [0.1, 0.15) is 35.1 Å². The fraction of sp³-hybridized carbons (Fsp3) is 0.485. The van der Waals surface area contributed by atoms with Crippen LogP contribution in [-0.2, 0) is 27.4 Å². The van der Waals surface area contributed by atoms with Gasteiger partial charge in [0.25, 0.3) is 0 Å². The van der Waals surface area contributed by atoms with E-state index >= 15 is 0 Å². The van der Waals surface area contributed by atoms with E-state index in [4.69, 9.17) is 19.2 Å². The number of hydrogen-bond acceptors (Lipinski definition) is 9. The predicted molar refractivity (Wildman–Crippen MR) is 164 cm³/mol. The molecule has 2 aliphatic heterocycles. The number of nitriles is 1. The van der Waals surface area contributed by atoms with Crippen molar-refractivity contribution in [3.63, 3.8) is 0 Å². The Kier molecular flexibility index (Phi) is 8.96. The zero-order chi connectivity index (χ0) is 29.9. The van der Waals surface area contributed by atoms with Gasteiger partial charge in [-0.1, -0.05) is 23.8 Å². The summed E-state index contributed by atoms with van der Waals surface area (Å²) in [6.07, 6.45) is 2.01. The van der Waals surface area contributed by atoms with Crippen LogP contribution < -0.4 is 9.64 Å². The van der Waals surface area contributed by atoms with Crippen molar-refractivity contribution in [2.45, 2.75) is 39.0 Å². The summed E-state index contributed by atoms with van der Waals surface area (Å²) in [5.74, 6) is 0.202. The van der Waals surface area contributed by atoms with Crippen LogP contribution in [0.4, 0.5) is 5.13 Å². The highest BCUT2D eigenvalue weighted by molar-refractivity contribution is 7.14. The maximum Gasteiger partial charge on any atom is 0.307 e. The molecule has 3 atom stereocenters. The second kappa shape index (κ2) is 13.0. The lowest BCUT2D eigenvalue weighted by Crippen LogP contribution is -2.44. The minimum absolute atomic E-state index is 0.0682. The molecule has 1 saturated carbocycles. The van der Waals surface area contributed by atoms with Gasteiger partial charge in [0, 0.05) is 56.3 Å². The molecule has 1 aromatic heterocycles. The highest BCUT2D eigenvalue weighted by atomic mass is 32.1. The van der Waals surface area contributed by atoms with Gasteiger partial charge in [-0.2, -0.15) is 5.26 Å². The van der Waals surface area contributed by atoms with Crippen LogP contribution in [0.25, 0.3) is 11.3 Å². The third-order valence-corrected chi connectivity index (χ3v) is 9.85. The molecule has 0 spiro atoms. The normalized spacial score (nSPS) is 23.7. The number of carbonyl (C=O) groups is 1. The summed E-state index contributed by atoms with van der Waals surface area (Å²) in [6, 6.07) is 14.5. The average Bonchev–Trinajstić information content (AvgIpc) is 3.60. The first-order valence-corrected chi connectivity index (χ1v) is 15.8. The second-order valence-electron chi connectivity index (χ2n) is 12.0. The van der Waals surface area contributed by atoms with E-state index < -0.39 is 5.97 Å². The molecule has 9 nitrogen and oxygen atoms in total. The number of ether oxygens (including phenoxy) is 3. The Labute approximate surface area is 256 Å². The second-order valence-corrected chi connectivity index (χ2v) is 12.8. The van der Waals surface area contributed by atoms with E-state index in [1.807, 2.05) is 31.2 Å². The van der Waals surface area contributed by atoms with Gasteiger partial charge in [0.15, 0.2) is 5.13 Å². The Bertz CT molecular complexity index is 1490. The lowest BCUT2D eigenvalue weighted by Gasteiger charge is -2.35. The zero-order valence-electron chi connectivity index (χ0n) is 24.7. The van der Waals surface area contributed by atoms with Crippen molar-refractivity contribution >= 4 is 22.4 Å². The number of rotatable bonds is 10. The van der Waals surface area contributed by atoms with Crippen LogP contribution in [0.15, 0.2) is 41.8 Å². The Morgan fingerprint density at radius 1 is 1.19 bits per heavy atom. The quantitative estimate of drug-likeness (QED) is 0.344. The van der Waals surface area contributed by atoms with Crippen LogP contribution >= 0.6 is 11.3 Å². The first kappa shape index (κ1) is 29.6. The van der Waals surface area contributed by atoms with E-state index in [1.165, 1.54) is 0 Å². The number of carboxylic acids is 1. The molecule has 3 aliphatic rings. The predicted octanol–water partition coefficient (Wildman–Crippen LogP) is 4.96. The van der Waals surface area contributed by atoms with Crippen molar-refractivity contribution in [3.8, 4) is 23.1 Å². The molecule has 2 bridgehead atoms. The standard InChI is InChI=1S/C33H38N4O5S/c1-21-3-8-30(28(11-21)29-20-43-33(35-29)37-15-23-6-7-24(16-37)31(23)32(38)39)42-18-25-5-4-22(12-26(25)13-34)14-36-9-10-41-27(17-36)19-40-2/h3-5,8,11-12,20,23-24,27,31H,6-7,9-10,14-19H2,1-2H3,(H,38,39)/t23-,24-,27?/m0/s1. The van der Waals surface area contributed by atoms with Gasteiger partial charge in [-0.05, 0) is 55.4 Å². The highest BCUT2D eigenvalue weighted by Crippen LogP contribution is 2.44. The third-order valence-electron chi connectivity index (χ3n) is 8.95. The number of fused-ring (bicyclic) bond motifs is 2. The van der Waals surface area contributed by atoms with E-state index in [1.54, 1.807) is 18.4 Å². The monoisotopic (exact) mass is 602 g/mol. The van der Waals surface area contributed by atoms with E-state index in [-0.39, 0.29) is 30.5 Å². The maximum atomic E-state index is 11.8. The molecule has 1 unspecified atom stereocenters. The number of morpholine rings is 1. The minimum atomic E-state index is -0.657. The Morgan fingerprint density at radius 3 is 2.74 bits per heavy atom. The molecular weight excluding hydrogens is 564 g/mol. The molecule has 1 aliphatic carbocycles. The molecule has 0 radical (unpaired) electrons. The molecule has 3 aromatic rings. The summed E-state index contributed by atoms with van der Waals surface area (Å²) in [6.45, 7) is 7.46. The van der Waals surface area contributed by atoms with Gasteiger partial charge in [-0.15, -0.1) is 11.3 Å². The SMILES string of the molecule is COCC1CN(Cc2ccc(COc3ccc(C)cc3-c3csc(N4C[C@@H]5CC[C@@H](C4)C5C(=O)O)n3)c(C#N)c2)CCO1. The number of aryl methyl sites for hydroxylation is 1. The molecule has 10 heteroatoms. The molecule has 43 heavy (non-hydrogen) atoms. The van der Waals surface area contributed by atoms with Gasteiger partial charge < -0.3 is 24.2 Å². The molecule has 6 rings (SSSR count). The first-order valence-electron chi connectivity index (χ1n) is 14.9. The van der Waals surface area contributed by atoms with Crippen LogP contribution in [0.2, 0.25) is 0 Å². The third kappa shape index (κ3) is 6.55. The van der Waals surface area contributed by atoms with E-state index in [9.17, 15) is 15.2 Å². The smallest absolute Gasteiger partial charge is 0.307 e. The summed E-state index contributed by atoms with van der Waals surface area (Å²) >= 11 is 1.60. The van der Waals surface area contributed by atoms with Crippen molar-refractivity contribution in [1.82, 2.24) is 9.88 Å². The Morgan fingerprint density at radius 2 is 2.00 bits per heavy atom. The fourth-order valence-electron chi connectivity index (χ4n) is 6.86. The van der Waals surface area contributed by atoms with Crippen LogP contribution in [-0.4, -0.2) is 73.6 Å². The minimum Gasteiger partial charge on any atom is -0.488 e. The molecule has 2 aromatic carbocycles. The van der Waals surface area contributed by atoms with Gasteiger partial charge in [0.05, 0.1) is 42.6 Å². The number of aliphatic carboxylic acids is 1. The summed E-state index contributed by atoms with van der Waals surface area (Å²) in [4.78, 5) is 21.4. The first-order chi connectivity index (χ1) is 20.9. The molecule has 3 heterocycles. The van der Waals surface area contributed by atoms with Crippen molar-refractivity contribution < 1.29 is 24.1 Å². The highest BCUT2D eigenvalue weighted by Gasteiger charge is 2.46. The van der Waals surface area contributed by atoms with Gasteiger partial charge in [0.2, 0.25) is 0 Å². The van der Waals surface area contributed by atoms with Gasteiger partial charge in [-0.25, -0.2) is 4.98 Å². The van der Waals surface area contributed by atoms with E-state index in [0.29, 0.717) is 18.8 Å². The molecule has 0 amide bonds. The lowest BCUT2D eigenvalue weighted by atomic mass is 9.85. The number of carboxylic acid groups (broad SMARTS) is 1. The molecular formula is C33H38N4O5S. The number of nitrogens with zero attached hydrogens (tertiary/aromatic N) is 4. The molecule has 226 valence electrons. The van der Waals surface area contributed by atoms with Gasteiger partial charge in [-0.3, -0.25) is 9.69 Å². The summed E-state index contributed by atoms with van der Waals surface area (Å²) in [5.41, 5.74) is 5.41.